The number of carbonyl (C=O) groups excluding carboxylic acids is 1. The monoisotopic (exact) mass is 172 g/mol. The van der Waals surface area contributed by atoms with Crippen LogP contribution >= 0.6 is 0 Å². The van der Waals surface area contributed by atoms with Gasteiger partial charge in [-0.1, -0.05) is 0 Å². The molecule has 0 aromatic rings. The Kier molecular flexibility index (Phi) is 3.91. The summed E-state index contributed by atoms with van der Waals surface area (Å²) in [6.07, 6.45) is 1.45. The largest absolute Gasteiger partial charge is 0.478 e. The van der Waals surface area contributed by atoms with Gasteiger partial charge in [-0.2, -0.15) is 0 Å². The summed E-state index contributed by atoms with van der Waals surface area (Å²) >= 11 is 0. The first kappa shape index (κ1) is 9.95. The van der Waals surface area contributed by atoms with E-state index in [9.17, 15) is 9.59 Å². The number of guanidine groups is 1. The third-order valence-corrected chi connectivity index (χ3v) is 0.672. The van der Waals surface area contributed by atoms with Crippen LogP contribution in [0.1, 0.15) is 0 Å². The second kappa shape index (κ2) is 4.72. The molecule has 1 amide bonds. The number of nitrogens with two attached hydrogens (primary N) is 2. The van der Waals surface area contributed by atoms with Crippen LogP contribution in [0.4, 0.5) is 0 Å². The average Bonchev–Trinajstić information content (AvgIpc) is 1.96. The Hall–Kier alpha value is -2.05. The molecule has 0 rings (SSSR count). The molecular weight excluding hydrogens is 164 g/mol. The fourth-order valence-electron chi connectivity index (χ4n) is 0.304. The van der Waals surface area contributed by atoms with Gasteiger partial charge in [0.2, 0.25) is 5.96 Å². The number of nitrogens with zero attached hydrogens (tertiary/aromatic N) is 1. The molecule has 7 heteroatoms. The molecule has 66 valence electrons. The molecule has 0 aromatic heterocycles. The number of hydrogen-bond donors (Lipinski definition) is 4. The number of rotatable bonds is 3. The molecule has 0 unspecified atom stereocenters. The van der Waals surface area contributed by atoms with Crippen LogP contribution in [-0.4, -0.2) is 22.9 Å². The molecule has 0 saturated carbocycles. The average molecular weight is 172 g/mol. The van der Waals surface area contributed by atoms with Crippen molar-refractivity contribution >= 4 is 17.8 Å². The lowest BCUT2D eigenvalue weighted by Crippen LogP contribution is -2.28. The Labute approximate surface area is 67.7 Å². The van der Waals surface area contributed by atoms with Crippen molar-refractivity contribution in [3.8, 4) is 0 Å². The highest BCUT2D eigenvalue weighted by molar-refractivity contribution is 5.94. The van der Waals surface area contributed by atoms with E-state index in [4.69, 9.17) is 16.6 Å². The van der Waals surface area contributed by atoms with Crippen LogP contribution in [0.2, 0.25) is 0 Å². The first-order chi connectivity index (χ1) is 5.52. The van der Waals surface area contributed by atoms with Gasteiger partial charge >= 0.3 is 5.97 Å². The second-order valence-electron chi connectivity index (χ2n) is 1.68. The zero-order chi connectivity index (χ0) is 9.56. The van der Waals surface area contributed by atoms with Crippen molar-refractivity contribution in [2.45, 2.75) is 0 Å². The third kappa shape index (κ3) is 6.08. The van der Waals surface area contributed by atoms with Gasteiger partial charge in [0.1, 0.15) is 0 Å². The van der Waals surface area contributed by atoms with E-state index in [1.54, 1.807) is 0 Å². The van der Waals surface area contributed by atoms with Crippen molar-refractivity contribution in [1.82, 2.24) is 5.43 Å². The van der Waals surface area contributed by atoms with E-state index >= 15 is 0 Å². The van der Waals surface area contributed by atoms with Crippen molar-refractivity contribution in [2.24, 2.45) is 16.6 Å². The number of hydrogen-bond acceptors (Lipinski definition) is 3. The van der Waals surface area contributed by atoms with Gasteiger partial charge in [-0.05, 0) is 0 Å². The van der Waals surface area contributed by atoms with Gasteiger partial charge in [-0.25, -0.2) is 10.2 Å². The third-order valence-electron chi connectivity index (χ3n) is 0.672. The highest BCUT2D eigenvalue weighted by Gasteiger charge is 1.93. The van der Waals surface area contributed by atoms with Gasteiger partial charge in [0.05, 0.1) is 0 Å². The van der Waals surface area contributed by atoms with Gasteiger partial charge in [0.15, 0.2) is 0 Å². The molecule has 0 spiro atoms. The summed E-state index contributed by atoms with van der Waals surface area (Å²) in [5.74, 6) is -2.26. The summed E-state index contributed by atoms with van der Waals surface area (Å²) < 4.78 is 0. The molecule has 0 aliphatic rings. The molecule has 0 bridgehead atoms. The smallest absolute Gasteiger partial charge is 0.328 e. The molecule has 0 atom stereocenters. The van der Waals surface area contributed by atoms with Gasteiger partial charge in [-0.3, -0.25) is 4.79 Å². The molecule has 0 aromatic carbocycles. The van der Waals surface area contributed by atoms with E-state index < -0.39 is 11.9 Å². The van der Waals surface area contributed by atoms with Crippen molar-refractivity contribution in [3.05, 3.63) is 12.2 Å². The minimum Gasteiger partial charge on any atom is -0.478 e. The lowest BCUT2D eigenvalue weighted by molar-refractivity contribution is -0.131. The normalized spacial score (nSPS) is 9.33. The number of nitrogens with one attached hydrogen (secondary N) is 1. The van der Waals surface area contributed by atoms with Crippen LogP contribution in [0.25, 0.3) is 0 Å². The Morgan fingerprint density at radius 1 is 1.33 bits per heavy atom. The van der Waals surface area contributed by atoms with E-state index in [1.807, 2.05) is 5.43 Å². The SMILES string of the molecule is NC(N)=NNC(=O)C=CC(=O)O. The zero-order valence-electron chi connectivity index (χ0n) is 6.02. The van der Waals surface area contributed by atoms with Gasteiger partial charge in [0, 0.05) is 12.2 Å². The van der Waals surface area contributed by atoms with E-state index in [-0.39, 0.29) is 5.96 Å². The van der Waals surface area contributed by atoms with Crippen LogP contribution in [0.3, 0.4) is 0 Å². The van der Waals surface area contributed by atoms with Gasteiger partial charge in [0.25, 0.3) is 5.91 Å². The van der Waals surface area contributed by atoms with Crippen molar-refractivity contribution in [3.63, 3.8) is 0 Å². The maximum Gasteiger partial charge on any atom is 0.328 e. The van der Waals surface area contributed by atoms with Gasteiger partial charge < -0.3 is 16.6 Å². The number of carboxylic acid groups (broad SMARTS) is 1. The summed E-state index contributed by atoms with van der Waals surface area (Å²) in [5.41, 5.74) is 11.6. The Morgan fingerprint density at radius 2 is 1.92 bits per heavy atom. The quantitative estimate of drug-likeness (QED) is 0.168. The lowest BCUT2D eigenvalue weighted by Gasteiger charge is -1.92. The fraction of sp³-hybridized carbons (Fsp3) is 0. The molecule has 0 aliphatic heterocycles. The molecular formula is C5H8N4O3. The Bertz CT molecular complexity index is 241. The molecule has 0 heterocycles. The molecule has 0 saturated heterocycles. The molecule has 0 fully saturated rings. The first-order valence-corrected chi connectivity index (χ1v) is 2.82. The molecule has 12 heavy (non-hydrogen) atoms. The summed E-state index contributed by atoms with van der Waals surface area (Å²) in [7, 11) is 0. The summed E-state index contributed by atoms with van der Waals surface area (Å²) in [5, 5.41) is 11.2. The van der Waals surface area contributed by atoms with Crippen LogP contribution in [0, 0.1) is 0 Å². The van der Waals surface area contributed by atoms with E-state index in [0.717, 1.165) is 6.08 Å². The van der Waals surface area contributed by atoms with Gasteiger partial charge in [-0.15, -0.1) is 5.10 Å². The lowest BCUT2D eigenvalue weighted by atomic mass is 10.5. The van der Waals surface area contributed by atoms with Crippen molar-refractivity contribution in [1.29, 1.82) is 0 Å². The van der Waals surface area contributed by atoms with E-state index in [2.05, 4.69) is 5.10 Å². The van der Waals surface area contributed by atoms with E-state index in [0.29, 0.717) is 6.08 Å². The zero-order valence-corrected chi connectivity index (χ0v) is 6.02. The van der Waals surface area contributed by atoms with Crippen LogP contribution < -0.4 is 16.9 Å². The minimum atomic E-state index is -1.23. The number of hydrazone groups is 1. The van der Waals surface area contributed by atoms with Crippen LogP contribution in [0.5, 0.6) is 0 Å². The first-order valence-electron chi connectivity index (χ1n) is 2.82. The second-order valence-corrected chi connectivity index (χ2v) is 1.68. The van der Waals surface area contributed by atoms with Crippen LogP contribution in [0.15, 0.2) is 17.3 Å². The van der Waals surface area contributed by atoms with E-state index in [1.165, 1.54) is 0 Å². The van der Waals surface area contributed by atoms with Crippen molar-refractivity contribution < 1.29 is 14.7 Å². The summed E-state index contributed by atoms with van der Waals surface area (Å²) in [6, 6.07) is 0. The number of amides is 1. The summed E-state index contributed by atoms with van der Waals surface area (Å²) in [6.45, 7) is 0. The topological polar surface area (TPSA) is 131 Å². The number of aliphatic carboxylic acids is 1. The van der Waals surface area contributed by atoms with Crippen molar-refractivity contribution in [2.75, 3.05) is 0 Å². The molecule has 7 nitrogen and oxygen atoms in total. The maximum absolute atomic E-state index is 10.6. The predicted octanol–water partition coefficient (Wildman–Crippen LogP) is -2.07. The number of carboxylic acids is 1. The molecule has 0 aliphatic carbocycles. The molecule has 6 N–H and O–H groups in total. The highest BCUT2D eigenvalue weighted by Crippen LogP contribution is 1.73. The predicted molar refractivity (Wildman–Crippen MR) is 40.7 cm³/mol. The molecule has 0 radical (unpaired) electrons. The minimum absolute atomic E-state index is 0.313. The van der Waals surface area contributed by atoms with Crippen LogP contribution in [-0.2, 0) is 9.59 Å². The maximum atomic E-state index is 10.6. The number of carbonyl (C=O) groups is 2. The summed E-state index contributed by atoms with van der Waals surface area (Å²) in [4.78, 5) is 20.5. The highest BCUT2D eigenvalue weighted by atomic mass is 16.4. The Balaban J connectivity index is 3.91. The standard InChI is InChI=1S/C5H8N4O3/c6-5(7)9-8-3(10)1-2-4(11)12/h1-2H,(H,8,10)(H,11,12)(H4,6,7,9). The fourth-order valence-corrected chi connectivity index (χ4v) is 0.304. The Morgan fingerprint density at radius 3 is 2.33 bits per heavy atom.